The molecule has 2 atom stereocenters. The summed E-state index contributed by atoms with van der Waals surface area (Å²) in [4.78, 5) is 23.8. The van der Waals surface area contributed by atoms with E-state index in [1.807, 2.05) is 42.5 Å². The van der Waals surface area contributed by atoms with Crippen LogP contribution < -0.4 is 0 Å². The summed E-state index contributed by atoms with van der Waals surface area (Å²) in [7, 11) is 0. The minimum Gasteiger partial charge on any atom is -0.481 e. The number of aliphatic carboxylic acids is 1. The molecule has 4 rings (SSSR count). The molecule has 0 bridgehead atoms. The van der Waals surface area contributed by atoms with E-state index >= 15 is 0 Å². The van der Waals surface area contributed by atoms with E-state index in [9.17, 15) is 14.7 Å². The Morgan fingerprint density at radius 1 is 1.00 bits per heavy atom. The Labute approximate surface area is 115 Å². The van der Waals surface area contributed by atoms with Crippen LogP contribution in [0, 0.1) is 5.92 Å². The highest BCUT2D eigenvalue weighted by Gasteiger charge is 2.44. The molecule has 0 heterocycles. The number of ketones is 1. The summed E-state index contributed by atoms with van der Waals surface area (Å²) in [5, 5.41) is 9.48. The predicted molar refractivity (Wildman–Crippen MR) is 73.8 cm³/mol. The van der Waals surface area contributed by atoms with Crippen LogP contribution in [0.3, 0.4) is 0 Å². The van der Waals surface area contributed by atoms with Crippen LogP contribution in [0.2, 0.25) is 0 Å². The molecule has 2 aromatic carbocycles. The molecule has 2 aliphatic rings. The number of rotatable bonds is 1. The topological polar surface area (TPSA) is 54.4 Å². The van der Waals surface area contributed by atoms with Crippen molar-refractivity contribution in [2.45, 2.75) is 12.3 Å². The third-order valence-corrected chi connectivity index (χ3v) is 4.43. The number of hydrogen-bond acceptors (Lipinski definition) is 2. The van der Waals surface area contributed by atoms with Gasteiger partial charge in [-0.3, -0.25) is 9.59 Å². The number of carboxylic acids is 1. The number of fused-ring (bicyclic) bond motifs is 3. The Morgan fingerprint density at radius 2 is 1.70 bits per heavy atom. The van der Waals surface area contributed by atoms with E-state index in [1.54, 1.807) is 0 Å². The van der Waals surface area contributed by atoms with Crippen LogP contribution in [0.25, 0.3) is 11.1 Å². The van der Waals surface area contributed by atoms with Gasteiger partial charge in [-0.1, -0.05) is 42.5 Å². The van der Waals surface area contributed by atoms with Crippen molar-refractivity contribution in [2.24, 2.45) is 5.92 Å². The van der Waals surface area contributed by atoms with Crippen LogP contribution in [-0.4, -0.2) is 16.9 Å². The van der Waals surface area contributed by atoms with Gasteiger partial charge in [0.25, 0.3) is 0 Å². The Bertz CT molecular complexity index is 761. The van der Waals surface area contributed by atoms with E-state index in [2.05, 4.69) is 0 Å². The first-order valence-electron chi connectivity index (χ1n) is 6.66. The van der Waals surface area contributed by atoms with Gasteiger partial charge in [0.2, 0.25) is 0 Å². The number of carboxylic acid groups (broad SMARTS) is 1. The van der Waals surface area contributed by atoms with E-state index in [0.29, 0.717) is 5.56 Å². The molecule has 2 unspecified atom stereocenters. The van der Waals surface area contributed by atoms with E-state index in [0.717, 1.165) is 22.3 Å². The highest BCUT2D eigenvalue weighted by atomic mass is 16.4. The molecule has 0 aliphatic heterocycles. The van der Waals surface area contributed by atoms with E-state index in [-0.39, 0.29) is 18.1 Å². The second-order valence-electron chi connectivity index (χ2n) is 5.40. The molecule has 0 saturated carbocycles. The minimum absolute atomic E-state index is 0.0571. The Morgan fingerprint density at radius 3 is 2.50 bits per heavy atom. The second-order valence-corrected chi connectivity index (χ2v) is 5.40. The predicted octanol–water partition coefficient (Wildman–Crippen LogP) is 3.09. The maximum absolute atomic E-state index is 12.2. The fourth-order valence-electron chi connectivity index (χ4n) is 3.62. The van der Waals surface area contributed by atoms with Crippen LogP contribution in [0.15, 0.2) is 42.5 Å². The summed E-state index contributed by atoms with van der Waals surface area (Å²) in [6, 6.07) is 13.6. The Balaban J connectivity index is 2.08. The van der Waals surface area contributed by atoms with Gasteiger partial charge in [0.05, 0.1) is 5.92 Å². The van der Waals surface area contributed by atoms with Gasteiger partial charge in [-0.15, -0.1) is 0 Å². The number of carbonyl (C=O) groups excluding carboxylic acids is 1. The largest absolute Gasteiger partial charge is 0.481 e. The number of hydrogen-bond donors (Lipinski definition) is 1. The van der Waals surface area contributed by atoms with Crippen molar-refractivity contribution >= 4 is 11.8 Å². The first-order valence-corrected chi connectivity index (χ1v) is 6.66. The molecule has 20 heavy (non-hydrogen) atoms. The van der Waals surface area contributed by atoms with Gasteiger partial charge in [0.1, 0.15) is 0 Å². The van der Waals surface area contributed by atoms with Gasteiger partial charge in [-0.25, -0.2) is 0 Å². The zero-order valence-electron chi connectivity index (χ0n) is 10.7. The van der Waals surface area contributed by atoms with Crippen LogP contribution in [-0.2, 0) is 4.79 Å². The second kappa shape index (κ2) is 3.79. The monoisotopic (exact) mass is 264 g/mol. The number of Topliss-reactive ketones (excluding diaryl/α,β-unsaturated/α-hetero) is 1. The van der Waals surface area contributed by atoms with Gasteiger partial charge < -0.3 is 5.11 Å². The van der Waals surface area contributed by atoms with Crippen molar-refractivity contribution in [3.05, 3.63) is 59.2 Å². The van der Waals surface area contributed by atoms with Gasteiger partial charge in [0, 0.05) is 17.9 Å². The lowest BCUT2D eigenvalue weighted by atomic mass is 9.74. The zero-order valence-corrected chi connectivity index (χ0v) is 10.7. The molecule has 2 aliphatic carbocycles. The molecule has 3 nitrogen and oxygen atoms in total. The number of carbonyl (C=O) groups is 2. The molecular weight excluding hydrogens is 252 g/mol. The normalized spacial score (nSPS) is 22.3. The summed E-state index contributed by atoms with van der Waals surface area (Å²) in [6.07, 6.45) is 0.0881. The van der Waals surface area contributed by atoms with E-state index in [1.165, 1.54) is 0 Å². The van der Waals surface area contributed by atoms with E-state index in [4.69, 9.17) is 0 Å². The molecule has 0 saturated heterocycles. The maximum atomic E-state index is 12.2. The van der Waals surface area contributed by atoms with Crippen LogP contribution in [0.1, 0.15) is 33.8 Å². The van der Waals surface area contributed by atoms with Gasteiger partial charge in [-0.05, 0) is 22.3 Å². The summed E-state index contributed by atoms with van der Waals surface area (Å²) in [5.74, 6) is -1.79. The van der Waals surface area contributed by atoms with Crippen molar-refractivity contribution in [2.75, 3.05) is 0 Å². The molecule has 0 aromatic heterocycles. The van der Waals surface area contributed by atoms with Gasteiger partial charge in [-0.2, -0.15) is 0 Å². The van der Waals surface area contributed by atoms with Gasteiger partial charge in [0.15, 0.2) is 5.78 Å². The van der Waals surface area contributed by atoms with Crippen molar-refractivity contribution < 1.29 is 14.7 Å². The van der Waals surface area contributed by atoms with Crippen LogP contribution in [0.5, 0.6) is 0 Å². The summed E-state index contributed by atoms with van der Waals surface area (Å²) in [6.45, 7) is 0. The molecule has 98 valence electrons. The number of benzene rings is 2. The molecule has 3 heteroatoms. The summed E-state index contributed by atoms with van der Waals surface area (Å²) >= 11 is 0. The molecule has 0 amide bonds. The Kier molecular flexibility index (Phi) is 2.16. The summed E-state index contributed by atoms with van der Waals surface area (Å²) in [5.41, 5.74) is 4.73. The quantitative estimate of drug-likeness (QED) is 0.861. The van der Waals surface area contributed by atoms with Crippen LogP contribution in [0.4, 0.5) is 0 Å². The van der Waals surface area contributed by atoms with Crippen molar-refractivity contribution in [3.63, 3.8) is 0 Å². The molecule has 0 radical (unpaired) electrons. The molecule has 2 aromatic rings. The maximum Gasteiger partial charge on any atom is 0.307 e. The fraction of sp³-hybridized carbons (Fsp3) is 0.176. The minimum atomic E-state index is -0.888. The third kappa shape index (κ3) is 1.29. The summed E-state index contributed by atoms with van der Waals surface area (Å²) < 4.78 is 0. The highest BCUT2D eigenvalue weighted by molar-refractivity contribution is 6.05. The average molecular weight is 264 g/mol. The van der Waals surface area contributed by atoms with Crippen LogP contribution >= 0.6 is 0 Å². The van der Waals surface area contributed by atoms with Gasteiger partial charge >= 0.3 is 5.97 Å². The SMILES string of the molecule is O=C1CC(C(=O)O)C2c3ccccc3-c3cccc1c32. The zero-order chi connectivity index (χ0) is 13.9. The Hall–Kier alpha value is -2.42. The lowest BCUT2D eigenvalue weighted by molar-refractivity contribution is -0.142. The van der Waals surface area contributed by atoms with Crippen molar-refractivity contribution in [3.8, 4) is 11.1 Å². The standard InChI is InChI=1S/C17H12O3/c18-14-8-13(17(19)20)16-10-5-2-1-4-9(10)11-6-3-7-12(14)15(11)16/h1-7,13,16H,8H2,(H,19,20). The van der Waals surface area contributed by atoms with Crippen molar-refractivity contribution in [1.29, 1.82) is 0 Å². The van der Waals surface area contributed by atoms with Crippen molar-refractivity contribution in [1.82, 2.24) is 0 Å². The third-order valence-electron chi connectivity index (χ3n) is 4.43. The first kappa shape index (κ1) is 11.4. The molecule has 0 spiro atoms. The smallest absolute Gasteiger partial charge is 0.307 e. The lowest BCUT2D eigenvalue weighted by Gasteiger charge is -2.27. The highest BCUT2D eigenvalue weighted by Crippen LogP contribution is 2.52. The lowest BCUT2D eigenvalue weighted by Crippen LogP contribution is -2.30. The molecule has 0 fully saturated rings. The van der Waals surface area contributed by atoms with E-state index < -0.39 is 11.9 Å². The first-order chi connectivity index (χ1) is 9.68. The molecular formula is C17H12O3. The average Bonchev–Trinajstić information content (AvgIpc) is 2.79. The molecule has 1 N–H and O–H groups in total. The fourth-order valence-corrected chi connectivity index (χ4v) is 3.62.